The van der Waals surface area contributed by atoms with E-state index in [1.165, 1.54) is 16.7 Å². The van der Waals surface area contributed by atoms with Crippen LogP contribution >= 0.6 is 12.2 Å². The van der Waals surface area contributed by atoms with Gasteiger partial charge in [0.15, 0.2) is 5.11 Å². The Morgan fingerprint density at radius 2 is 1.55 bits per heavy atom. The summed E-state index contributed by atoms with van der Waals surface area (Å²) in [4.78, 5) is 0. The number of hydrogen-bond acceptors (Lipinski definition) is 1. The van der Waals surface area contributed by atoms with E-state index in [-0.39, 0.29) is 6.04 Å². The van der Waals surface area contributed by atoms with E-state index in [0.29, 0.717) is 11.0 Å². The lowest BCUT2D eigenvalue weighted by Gasteiger charge is -2.25. The van der Waals surface area contributed by atoms with Crippen molar-refractivity contribution >= 4 is 23.0 Å². The first-order chi connectivity index (χ1) is 10.5. The minimum atomic E-state index is 0.201. The van der Waals surface area contributed by atoms with Crippen molar-refractivity contribution in [2.75, 3.05) is 5.32 Å². The molecule has 2 rings (SSSR count). The van der Waals surface area contributed by atoms with Crippen LogP contribution in [0.1, 0.15) is 36.6 Å². The van der Waals surface area contributed by atoms with Gasteiger partial charge in [0, 0.05) is 5.69 Å². The van der Waals surface area contributed by atoms with Gasteiger partial charge in [-0.3, -0.25) is 0 Å². The molecule has 22 heavy (non-hydrogen) atoms. The summed E-state index contributed by atoms with van der Waals surface area (Å²) in [5.74, 6) is 0.446. The molecule has 1 atom stereocenters. The van der Waals surface area contributed by atoms with Crippen LogP contribution in [0.2, 0.25) is 0 Å². The second kappa shape index (κ2) is 7.41. The van der Waals surface area contributed by atoms with Crippen LogP contribution in [0.3, 0.4) is 0 Å². The predicted molar refractivity (Wildman–Crippen MR) is 99.3 cm³/mol. The predicted octanol–water partition coefficient (Wildman–Crippen LogP) is 4.99. The van der Waals surface area contributed by atoms with E-state index in [1.54, 1.807) is 0 Å². The van der Waals surface area contributed by atoms with Gasteiger partial charge in [-0.2, -0.15) is 0 Å². The second-order valence-corrected chi connectivity index (χ2v) is 6.52. The van der Waals surface area contributed by atoms with Gasteiger partial charge < -0.3 is 10.6 Å². The molecule has 0 spiro atoms. The highest BCUT2D eigenvalue weighted by atomic mass is 32.1. The highest BCUT2D eigenvalue weighted by Crippen LogP contribution is 2.22. The number of aryl methyl sites for hydroxylation is 2. The van der Waals surface area contributed by atoms with E-state index >= 15 is 0 Å². The maximum absolute atomic E-state index is 5.50. The van der Waals surface area contributed by atoms with Crippen LogP contribution in [0.15, 0.2) is 48.5 Å². The molecule has 0 heterocycles. The second-order valence-electron chi connectivity index (χ2n) is 6.11. The van der Waals surface area contributed by atoms with Crippen LogP contribution in [-0.2, 0) is 0 Å². The first-order valence-corrected chi connectivity index (χ1v) is 8.07. The monoisotopic (exact) mass is 312 g/mol. The molecule has 116 valence electrons. The van der Waals surface area contributed by atoms with E-state index in [4.69, 9.17) is 12.2 Å². The number of anilines is 1. The lowest BCUT2D eigenvalue weighted by Crippen LogP contribution is -2.34. The first-order valence-electron chi connectivity index (χ1n) is 7.66. The molecule has 2 nitrogen and oxygen atoms in total. The Labute approximate surface area is 139 Å². The van der Waals surface area contributed by atoms with Crippen LogP contribution in [0, 0.1) is 19.8 Å². The molecule has 0 aliphatic rings. The fourth-order valence-electron chi connectivity index (χ4n) is 2.65. The van der Waals surface area contributed by atoms with E-state index < -0.39 is 0 Å². The topological polar surface area (TPSA) is 24.1 Å². The summed E-state index contributed by atoms with van der Waals surface area (Å²) in [5.41, 5.74) is 4.75. The summed E-state index contributed by atoms with van der Waals surface area (Å²) in [6, 6.07) is 17.0. The van der Waals surface area contributed by atoms with E-state index in [1.807, 2.05) is 6.07 Å². The Morgan fingerprint density at radius 3 is 2.09 bits per heavy atom. The van der Waals surface area contributed by atoms with Gasteiger partial charge in [0.2, 0.25) is 0 Å². The Morgan fingerprint density at radius 1 is 0.955 bits per heavy atom. The van der Waals surface area contributed by atoms with Crippen molar-refractivity contribution in [2.45, 2.75) is 33.7 Å². The van der Waals surface area contributed by atoms with Gasteiger partial charge in [0.1, 0.15) is 0 Å². The summed E-state index contributed by atoms with van der Waals surface area (Å²) in [5, 5.41) is 7.40. The lowest BCUT2D eigenvalue weighted by molar-refractivity contribution is 0.473. The summed E-state index contributed by atoms with van der Waals surface area (Å²) in [6.45, 7) is 8.58. The molecule has 0 bridgehead atoms. The largest absolute Gasteiger partial charge is 0.355 e. The minimum Gasteiger partial charge on any atom is -0.355 e. The molecule has 3 heteroatoms. The van der Waals surface area contributed by atoms with Gasteiger partial charge in [-0.05, 0) is 60.8 Å². The number of benzene rings is 2. The molecule has 0 radical (unpaired) electrons. The van der Waals surface area contributed by atoms with Gasteiger partial charge >= 0.3 is 0 Å². The zero-order valence-electron chi connectivity index (χ0n) is 13.7. The Balaban J connectivity index is 2.09. The minimum absolute atomic E-state index is 0.201. The molecule has 0 aliphatic carbocycles. The Bertz CT molecular complexity index is 615. The third-order valence-electron chi connectivity index (χ3n) is 3.59. The number of nitrogens with one attached hydrogen (secondary N) is 2. The normalized spacial score (nSPS) is 12.0. The maximum atomic E-state index is 5.50. The van der Waals surface area contributed by atoms with Crippen molar-refractivity contribution < 1.29 is 0 Å². The summed E-state index contributed by atoms with van der Waals surface area (Å²) < 4.78 is 0. The van der Waals surface area contributed by atoms with Crippen molar-refractivity contribution in [3.05, 3.63) is 65.2 Å². The molecule has 2 N–H and O–H groups in total. The quantitative estimate of drug-likeness (QED) is 0.778. The third-order valence-corrected chi connectivity index (χ3v) is 3.81. The van der Waals surface area contributed by atoms with E-state index in [0.717, 1.165) is 5.69 Å². The van der Waals surface area contributed by atoms with Crippen LogP contribution < -0.4 is 10.6 Å². The summed E-state index contributed by atoms with van der Waals surface area (Å²) >= 11 is 5.50. The smallest absolute Gasteiger partial charge is 0.171 e. The van der Waals surface area contributed by atoms with Crippen LogP contribution in [0.5, 0.6) is 0 Å². The van der Waals surface area contributed by atoms with Crippen molar-refractivity contribution in [3.63, 3.8) is 0 Å². The van der Waals surface area contributed by atoms with Gasteiger partial charge in [0.05, 0.1) is 6.04 Å². The third kappa shape index (κ3) is 4.57. The van der Waals surface area contributed by atoms with Crippen molar-refractivity contribution in [2.24, 2.45) is 5.92 Å². The van der Waals surface area contributed by atoms with Crippen molar-refractivity contribution in [1.29, 1.82) is 0 Å². The molecular formula is C19H24N2S. The molecule has 0 unspecified atom stereocenters. The van der Waals surface area contributed by atoms with Gasteiger partial charge in [-0.25, -0.2) is 0 Å². The first kappa shape index (κ1) is 16.5. The average molecular weight is 312 g/mol. The number of thiocarbonyl (C=S) groups is 1. The summed E-state index contributed by atoms with van der Waals surface area (Å²) in [7, 11) is 0. The molecular weight excluding hydrogens is 288 g/mol. The molecule has 2 aromatic rings. The molecule has 0 aliphatic heterocycles. The Kier molecular flexibility index (Phi) is 5.56. The van der Waals surface area contributed by atoms with Gasteiger partial charge in [-0.1, -0.05) is 50.2 Å². The molecule has 2 aromatic carbocycles. The summed E-state index contributed by atoms with van der Waals surface area (Å²) in [6.07, 6.45) is 0. The zero-order valence-corrected chi connectivity index (χ0v) is 14.5. The molecule has 0 saturated heterocycles. The van der Waals surface area contributed by atoms with E-state index in [2.05, 4.69) is 80.8 Å². The average Bonchev–Trinajstić information content (AvgIpc) is 2.44. The molecule has 0 aromatic heterocycles. The van der Waals surface area contributed by atoms with Gasteiger partial charge in [-0.15, -0.1) is 0 Å². The molecule has 0 fully saturated rings. The zero-order chi connectivity index (χ0) is 16.1. The highest BCUT2D eigenvalue weighted by Gasteiger charge is 2.16. The number of rotatable bonds is 4. The number of hydrogen-bond donors (Lipinski definition) is 2. The van der Waals surface area contributed by atoms with E-state index in [9.17, 15) is 0 Å². The Hall–Kier alpha value is -1.87. The standard InChI is InChI=1S/C19H24N2S/c1-13(2)18(16-8-6-5-7-9-16)21-19(22)20-17-11-14(3)10-15(4)12-17/h5-13,18H,1-4H3,(H2,20,21,22)/t18-/m1/s1. The van der Waals surface area contributed by atoms with Crippen LogP contribution in [-0.4, -0.2) is 5.11 Å². The molecule has 0 saturated carbocycles. The van der Waals surface area contributed by atoms with Crippen molar-refractivity contribution in [1.82, 2.24) is 5.32 Å². The lowest BCUT2D eigenvalue weighted by atomic mass is 9.96. The molecule has 0 amide bonds. The SMILES string of the molecule is Cc1cc(C)cc(NC(=S)N[C@@H](c2ccccc2)C(C)C)c1. The van der Waals surface area contributed by atoms with Crippen LogP contribution in [0.25, 0.3) is 0 Å². The van der Waals surface area contributed by atoms with Crippen LogP contribution in [0.4, 0.5) is 5.69 Å². The maximum Gasteiger partial charge on any atom is 0.171 e. The fraction of sp³-hybridized carbons (Fsp3) is 0.316. The highest BCUT2D eigenvalue weighted by molar-refractivity contribution is 7.80. The van der Waals surface area contributed by atoms with Crippen molar-refractivity contribution in [3.8, 4) is 0 Å². The van der Waals surface area contributed by atoms with Gasteiger partial charge in [0.25, 0.3) is 0 Å². The fourth-order valence-corrected chi connectivity index (χ4v) is 2.90.